The van der Waals surface area contributed by atoms with Gasteiger partial charge in [0, 0.05) is 22.3 Å². The second-order valence-electron chi connectivity index (χ2n) is 5.47. The van der Waals surface area contributed by atoms with E-state index in [1.165, 1.54) is 41.1 Å². The normalized spacial score (nSPS) is 20.9. The summed E-state index contributed by atoms with van der Waals surface area (Å²) in [4.78, 5) is 5.23. The van der Waals surface area contributed by atoms with Gasteiger partial charge < -0.3 is 15.0 Å². The smallest absolute Gasteiger partial charge is 0.0728 e. The average Bonchev–Trinajstić information content (AvgIpc) is 2.73. The summed E-state index contributed by atoms with van der Waals surface area (Å²) < 4.78 is 5.95. The Bertz CT molecular complexity index is 391. The molecule has 0 saturated carbocycles. The number of aryl methyl sites for hydroxylation is 1. The Balaban J connectivity index is 1.78. The molecule has 0 aliphatic carbocycles. The van der Waals surface area contributed by atoms with E-state index in [2.05, 4.69) is 30.3 Å². The molecule has 3 nitrogen and oxygen atoms in total. The first-order chi connectivity index (χ1) is 9.20. The lowest BCUT2D eigenvalue weighted by Gasteiger charge is -2.32. The highest BCUT2D eigenvalue weighted by atomic mass is 32.1. The van der Waals surface area contributed by atoms with Crippen LogP contribution in [0.2, 0.25) is 0 Å². The molecule has 1 N–H and O–H groups in total. The maximum absolute atomic E-state index is 5.95. The zero-order valence-electron chi connectivity index (χ0n) is 12.4. The Kier molecular flexibility index (Phi) is 5.82. The van der Waals surface area contributed by atoms with E-state index in [0.717, 1.165) is 19.8 Å². The van der Waals surface area contributed by atoms with Crippen LogP contribution in [0, 0.1) is 6.92 Å². The van der Waals surface area contributed by atoms with Crippen LogP contribution in [0.5, 0.6) is 0 Å². The van der Waals surface area contributed by atoms with Gasteiger partial charge in [-0.2, -0.15) is 0 Å². The van der Waals surface area contributed by atoms with Crippen LogP contribution < -0.4 is 5.32 Å². The third-order valence-corrected chi connectivity index (χ3v) is 5.00. The fraction of sp³-hybridized carbons (Fsp3) is 0.733. The predicted molar refractivity (Wildman–Crippen MR) is 81.7 cm³/mol. The molecule has 1 saturated heterocycles. The molecule has 1 aromatic rings. The molecule has 4 heteroatoms. The maximum Gasteiger partial charge on any atom is 0.0728 e. The van der Waals surface area contributed by atoms with Crippen LogP contribution >= 0.6 is 11.3 Å². The van der Waals surface area contributed by atoms with Gasteiger partial charge in [0.2, 0.25) is 0 Å². The molecule has 0 bridgehead atoms. The Morgan fingerprint density at radius 2 is 2.32 bits per heavy atom. The number of piperidine rings is 1. The van der Waals surface area contributed by atoms with Crippen LogP contribution in [-0.4, -0.2) is 38.2 Å². The zero-order chi connectivity index (χ0) is 13.7. The number of likely N-dealkylation sites (N-methyl/N-ethyl adjacent to an activating group) is 1. The lowest BCUT2D eigenvalue weighted by Crippen LogP contribution is -2.39. The molecule has 1 fully saturated rings. The van der Waals surface area contributed by atoms with E-state index < -0.39 is 0 Å². The van der Waals surface area contributed by atoms with Gasteiger partial charge in [0.1, 0.15) is 0 Å². The van der Waals surface area contributed by atoms with Crippen molar-refractivity contribution in [1.29, 1.82) is 0 Å². The van der Waals surface area contributed by atoms with E-state index >= 15 is 0 Å². The minimum Gasteiger partial charge on any atom is -0.375 e. The number of ether oxygens (including phenoxy) is 1. The topological polar surface area (TPSA) is 24.5 Å². The first-order valence-corrected chi connectivity index (χ1v) is 8.03. The number of hydrogen-bond donors (Lipinski definition) is 1. The van der Waals surface area contributed by atoms with E-state index in [1.807, 2.05) is 18.4 Å². The van der Waals surface area contributed by atoms with Crippen molar-refractivity contribution in [2.75, 3.05) is 27.2 Å². The van der Waals surface area contributed by atoms with Crippen LogP contribution in [0.1, 0.15) is 34.6 Å². The molecular weight excluding hydrogens is 256 g/mol. The molecule has 0 radical (unpaired) electrons. The first-order valence-electron chi connectivity index (χ1n) is 7.21. The van der Waals surface area contributed by atoms with Crippen LogP contribution in [0.4, 0.5) is 0 Å². The number of hydrogen-bond acceptors (Lipinski definition) is 4. The predicted octanol–water partition coefficient (Wildman–Crippen LogP) is 2.78. The Labute approximate surface area is 121 Å². The van der Waals surface area contributed by atoms with Crippen molar-refractivity contribution in [2.24, 2.45) is 0 Å². The Morgan fingerprint density at radius 1 is 1.47 bits per heavy atom. The minimum absolute atomic E-state index is 0.615. The highest BCUT2D eigenvalue weighted by Gasteiger charge is 2.18. The molecule has 1 aliphatic heterocycles. The number of nitrogens with one attached hydrogen (secondary N) is 1. The molecule has 2 rings (SSSR count). The quantitative estimate of drug-likeness (QED) is 0.868. The van der Waals surface area contributed by atoms with Crippen molar-refractivity contribution in [2.45, 2.75) is 45.4 Å². The average molecular weight is 282 g/mol. The van der Waals surface area contributed by atoms with E-state index in [-0.39, 0.29) is 0 Å². The minimum atomic E-state index is 0.615. The highest BCUT2D eigenvalue weighted by molar-refractivity contribution is 7.12. The number of nitrogens with zero attached hydrogens (tertiary/aromatic N) is 1. The summed E-state index contributed by atoms with van der Waals surface area (Å²) in [6.07, 6.45) is 3.97. The second-order valence-corrected chi connectivity index (χ2v) is 6.81. The Hall–Kier alpha value is -0.420. The van der Waals surface area contributed by atoms with Crippen molar-refractivity contribution in [1.82, 2.24) is 10.2 Å². The largest absolute Gasteiger partial charge is 0.375 e. The molecule has 2 heterocycles. The van der Waals surface area contributed by atoms with Crippen molar-refractivity contribution >= 4 is 11.3 Å². The second kappa shape index (κ2) is 7.39. The van der Waals surface area contributed by atoms with Gasteiger partial charge in [-0.1, -0.05) is 6.42 Å². The first kappa shape index (κ1) is 15.0. The highest BCUT2D eigenvalue weighted by Crippen LogP contribution is 2.23. The van der Waals surface area contributed by atoms with Gasteiger partial charge in [-0.15, -0.1) is 11.3 Å². The number of likely N-dealkylation sites (tertiary alicyclic amines) is 1. The molecule has 1 atom stereocenters. The van der Waals surface area contributed by atoms with Crippen LogP contribution in [0.25, 0.3) is 0 Å². The molecule has 0 spiro atoms. The van der Waals surface area contributed by atoms with Crippen LogP contribution in [0.3, 0.4) is 0 Å². The molecule has 0 aromatic carbocycles. The van der Waals surface area contributed by atoms with E-state index in [4.69, 9.17) is 4.74 Å². The number of rotatable bonds is 6. The van der Waals surface area contributed by atoms with Crippen molar-refractivity contribution in [3.05, 3.63) is 21.4 Å². The summed E-state index contributed by atoms with van der Waals surface area (Å²) in [5, 5.41) is 3.20. The Morgan fingerprint density at radius 3 is 3.05 bits per heavy atom. The SMILES string of the molecule is CNCc1cc(COCC2CCCCN2C)c(C)s1. The fourth-order valence-electron chi connectivity index (χ4n) is 2.65. The van der Waals surface area contributed by atoms with Crippen molar-refractivity contribution in [3.8, 4) is 0 Å². The third kappa shape index (κ3) is 4.28. The van der Waals surface area contributed by atoms with Gasteiger partial charge >= 0.3 is 0 Å². The summed E-state index contributed by atoms with van der Waals surface area (Å²) in [5.74, 6) is 0. The van der Waals surface area contributed by atoms with E-state index in [9.17, 15) is 0 Å². The summed E-state index contributed by atoms with van der Waals surface area (Å²) in [6, 6.07) is 2.89. The number of thiophene rings is 1. The lowest BCUT2D eigenvalue weighted by atomic mass is 10.0. The van der Waals surface area contributed by atoms with Crippen molar-refractivity contribution in [3.63, 3.8) is 0 Å². The zero-order valence-corrected chi connectivity index (χ0v) is 13.2. The van der Waals surface area contributed by atoms with Crippen LogP contribution in [0.15, 0.2) is 6.07 Å². The van der Waals surface area contributed by atoms with Gasteiger partial charge in [0.05, 0.1) is 13.2 Å². The summed E-state index contributed by atoms with van der Waals surface area (Å²) >= 11 is 1.87. The molecule has 1 aromatic heterocycles. The van der Waals surface area contributed by atoms with Gasteiger partial charge in [-0.05, 0) is 52.0 Å². The van der Waals surface area contributed by atoms with Crippen LogP contribution in [-0.2, 0) is 17.9 Å². The standard InChI is InChI=1S/C15H26N2OS/c1-12-13(8-15(19-12)9-16-2)10-18-11-14-6-4-5-7-17(14)3/h8,14,16H,4-7,9-11H2,1-3H3. The molecule has 1 aliphatic rings. The molecule has 1 unspecified atom stereocenters. The summed E-state index contributed by atoms with van der Waals surface area (Å²) in [7, 11) is 4.21. The van der Waals surface area contributed by atoms with Gasteiger partial charge in [-0.25, -0.2) is 0 Å². The van der Waals surface area contributed by atoms with Crippen molar-refractivity contribution < 1.29 is 4.74 Å². The van der Waals surface area contributed by atoms with E-state index in [1.54, 1.807) is 0 Å². The fourth-order valence-corrected chi connectivity index (χ4v) is 3.71. The third-order valence-electron chi connectivity index (χ3n) is 3.91. The summed E-state index contributed by atoms with van der Waals surface area (Å²) in [6.45, 7) is 5.99. The molecule has 0 amide bonds. The van der Waals surface area contributed by atoms with Gasteiger partial charge in [0.15, 0.2) is 0 Å². The van der Waals surface area contributed by atoms with E-state index in [0.29, 0.717) is 6.04 Å². The monoisotopic (exact) mass is 282 g/mol. The molecule has 108 valence electrons. The van der Waals surface area contributed by atoms with Gasteiger partial charge in [0.25, 0.3) is 0 Å². The molecule has 19 heavy (non-hydrogen) atoms. The van der Waals surface area contributed by atoms with Gasteiger partial charge in [-0.3, -0.25) is 0 Å². The maximum atomic E-state index is 5.95. The molecular formula is C15H26N2OS. The lowest BCUT2D eigenvalue weighted by molar-refractivity contribution is 0.0443. The summed E-state index contributed by atoms with van der Waals surface area (Å²) in [5.41, 5.74) is 1.36.